The standard InChI is InChI=1S/C21H23F2N5O4S/c1-20(5-6-20)25-33(31,32)15-3-4-17-16(7-15)18(29)28(11-13-9-24-26(2)10-13)19(30)27(17)12-14-8-21(14,22)23/h3-4,7,9-10,14,25H,5-6,8,11-12H2,1-2H3. The molecular weight excluding hydrogens is 456 g/mol. The van der Waals surface area contributed by atoms with Crippen LogP contribution in [0.4, 0.5) is 8.78 Å². The second-order valence-electron chi connectivity index (χ2n) is 9.31. The number of alkyl halides is 2. The maximum Gasteiger partial charge on any atom is 0.331 e. The minimum Gasteiger partial charge on any atom is -0.293 e. The number of rotatable bonds is 7. The number of hydrogen-bond acceptors (Lipinski definition) is 5. The summed E-state index contributed by atoms with van der Waals surface area (Å²) in [6.07, 6.45) is 4.23. The molecule has 1 unspecified atom stereocenters. The lowest BCUT2D eigenvalue weighted by molar-refractivity contribution is 0.0950. The van der Waals surface area contributed by atoms with Gasteiger partial charge in [-0.05, 0) is 38.0 Å². The molecule has 0 bridgehead atoms. The quantitative estimate of drug-likeness (QED) is 0.552. The smallest absolute Gasteiger partial charge is 0.293 e. The van der Waals surface area contributed by atoms with Crippen LogP contribution in [0.25, 0.3) is 10.9 Å². The van der Waals surface area contributed by atoms with Gasteiger partial charge in [0.25, 0.3) is 11.5 Å². The van der Waals surface area contributed by atoms with Crippen molar-refractivity contribution in [2.24, 2.45) is 13.0 Å². The van der Waals surface area contributed by atoms with E-state index >= 15 is 0 Å². The predicted octanol–water partition coefficient (Wildman–Crippen LogP) is 1.43. The van der Waals surface area contributed by atoms with Gasteiger partial charge in [0.1, 0.15) is 0 Å². The van der Waals surface area contributed by atoms with E-state index in [1.165, 1.54) is 29.1 Å². The fourth-order valence-electron chi connectivity index (χ4n) is 3.98. The lowest BCUT2D eigenvalue weighted by Gasteiger charge is -2.16. The first-order valence-corrected chi connectivity index (χ1v) is 12.0. The Bertz CT molecular complexity index is 1500. The van der Waals surface area contributed by atoms with E-state index < -0.39 is 38.7 Å². The van der Waals surface area contributed by atoms with Crippen molar-refractivity contribution in [3.63, 3.8) is 0 Å². The Balaban J connectivity index is 1.66. The minimum absolute atomic E-state index is 0.0220. The number of halogens is 2. The van der Waals surface area contributed by atoms with Gasteiger partial charge in [-0.25, -0.2) is 26.7 Å². The summed E-state index contributed by atoms with van der Waals surface area (Å²) in [6, 6.07) is 3.85. The van der Waals surface area contributed by atoms with Crippen LogP contribution in [0, 0.1) is 5.92 Å². The van der Waals surface area contributed by atoms with E-state index in [-0.39, 0.29) is 35.3 Å². The van der Waals surface area contributed by atoms with Crippen molar-refractivity contribution in [2.45, 2.75) is 55.6 Å². The molecule has 1 N–H and O–H groups in total. The summed E-state index contributed by atoms with van der Waals surface area (Å²) in [4.78, 5) is 26.4. The van der Waals surface area contributed by atoms with Gasteiger partial charge in [-0.2, -0.15) is 5.10 Å². The Hall–Kier alpha value is -2.86. The Morgan fingerprint density at radius 2 is 1.91 bits per heavy atom. The third-order valence-corrected chi connectivity index (χ3v) is 7.98. The van der Waals surface area contributed by atoms with Crippen molar-refractivity contribution in [1.29, 1.82) is 0 Å². The van der Waals surface area contributed by atoms with Crippen LogP contribution in [-0.2, 0) is 30.2 Å². The van der Waals surface area contributed by atoms with Gasteiger partial charge in [-0.1, -0.05) is 0 Å². The van der Waals surface area contributed by atoms with Gasteiger partial charge >= 0.3 is 5.69 Å². The Morgan fingerprint density at radius 3 is 2.48 bits per heavy atom. The summed E-state index contributed by atoms with van der Waals surface area (Å²) in [6.45, 7) is 1.41. The molecular formula is C21H23F2N5O4S. The Morgan fingerprint density at radius 1 is 1.21 bits per heavy atom. The maximum absolute atomic E-state index is 13.6. The first-order chi connectivity index (χ1) is 15.4. The average molecular weight is 480 g/mol. The van der Waals surface area contributed by atoms with Crippen LogP contribution >= 0.6 is 0 Å². The molecule has 0 radical (unpaired) electrons. The normalized spacial score (nSPS) is 20.8. The molecule has 33 heavy (non-hydrogen) atoms. The van der Waals surface area contributed by atoms with Crippen molar-refractivity contribution in [3.8, 4) is 0 Å². The van der Waals surface area contributed by atoms with Crippen LogP contribution in [-0.4, -0.2) is 38.8 Å². The predicted molar refractivity (Wildman–Crippen MR) is 116 cm³/mol. The highest BCUT2D eigenvalue weighted by molar-refractivity contribution is 7.89. The van der Waals surface area contributed by atoms with E-state index in [0.29, 0.717) is 18.4 Å². The highest BCUT2D eigenvalue weighted by atomic mass is 32.2. The number of benzene rings is 1. The summed E-state index contributed by atoms with van der Waals surface area (Å²) in [7, 11) is -2.22. The van der Waals surface area contributed by atoms with E-state index in [4.69, 9.17) is 0 Å². The average Bonchev–Trinajstić information content (AvgIpc) is 3.54. The maximum atomic E-state index is 13.6. The molecule has 0 saturated heterocycles. The SMILES string of the molecule is Cn1cc(Cn2c(=O)c3cc(S(=O)(=O)NC4(C)CC4)ccc3n(CC3CC3(F)F)c2=O)cn1. The summed E-state index contributed by atoms with van der Waals surface area (Å²) < 4.78 is 59.2. The molecule has 1 atom stereocenters. The van der Waals surface area contributed by atoms with Crippen LogP contribution < -0.4 is 16.0 Å². The van der Waals surface area contributed by atoms with E-state index in [0.717, 1.165) is 9.13 Å². The highest BCUT2D eigenvalue weighted by Crippen LogP contribution is 2.49. The van der Waals surface area contributed by atoms with E-state index in [2.05, 4.69) is 9.82 Å². The lowest BCUT2D eigenvalue weighted by Crippen LogP contribution is -2.41. The number of fused-ring (bicyclic) bond motifs is 1. The zero-order valence-corrected chi connectivity index (χ0v) is 18.9. The van der Waals surface area contributed by atoms with Gasteiger partial charge in [0.15, 0.2) is 0 Å². The molecule has 2 aromatic heterocycles. The van der Waals surface area contributed by atoms with Gasteiger partial charge in [-0.3, -0.25) is 18.6 Å². The molecule has 2 fully saturated rings. The molecule has 0 amide bonds. The van der Waals surface area contributed by atoms with Gasteiger partial charge in [-0.15, -0.1) is 0 Å². The molecule has 2 aliphatic rings. The third kappa shape index (κ3) is 4.01. The molecule has 0 spiro atoms. The molecule has 12 heteroatoms. The van der Waals surface area contributed by atoms with Gasteiger partial charge in [0.2, 0.25) is 10.0 Å². The molecule has 1 aromatic carbocycles. The second kappa shape index (κ2) is 7.07. The largest absolute Gasteiger partial charge is 0.331 e. The number of aryl methyl sites for hydroxylation is 1. The molecule has 2 aliphatic carbocycles. The molecule has 3 aromatic rings. The van der Waals surface area contributed by atoms with Gasteiger partial charge in [0.05, 0.1) is 28.5 Å². The highest BCUT2D eigenvalue weighted by Gasteiger charge is 2.57. The first-order valence-electron chi connectivity index (χ1n) is 10.6. The van der Waals surface area contributed by atoms with Crippen molar-refractivity contribution in [1.82, 2.24) is 23.6 Å². The minimum atomic E-state index is -3.90. The fourth-order valence-corrected chi connectivity index (χ4v) is 5.47. The molecule has 2 heterocycles. The number of nitrogens with zero attached hydrogens (tertiary/aromatic N) is 4. The fraction of sp³-hybridized carbons (Fsp3) is 0.476. The molecule has 0 aliphatic heterocycles. The van der Waals surface area contributed by atoms with Crippen LogP contribution in [0.5, 0.6) is 0 Å². The zero-order valence-electron chi connectivity index (χ0n) is 18.1. The number of sulfonamides is 1. The number of aromatic nitrogens is 4. The second-order valence-corrected chi connectivity index (χ2v) is 11.0. The molecule has 2 saturated carbocycles. The van der Waals surface area contributed by atoms with Crippen molar-refractivity contribution < 1.29 is 17.2 Å². The van der Waals surface area contributed by atoms with E-state index in [1.807, 2.05) is 0 Å². The monoisotopic (exact) mass is 479 g/mol. The molecule has 5 rings (SSSR count). The lowest BCUT2D eigenvalue weighted by atomic mass is 10.2. The summed E-state index contributed by atoms with van der Waals surface area (Å²) in [5, 5.41) is 4.00. The summed E-state index contributed by atoms with van der Waals surface area (Å²) >= 11 is 0. The molecule has 9 nitrogen and oxygen atoms in total. The Labute approximate surface area is 187 Å². The van der Waals surface area contributed by atoms with E-state index in [1.54, 1.807) is 20.2 Å². The van der Waals surface area contributed by atoms with Gasteiger partial charge < -0.3 is 0 Å². The van der Waals surface area contributed by atoms with Gasteiger partial charge in [0, 0.05) is 43.2 Å². The summed E-state index contributed by atoms with van der Waals surface area (Å²) in [5.74, 6) is -3.87. The van der Waals surface area contributed by atoms with Crippen LogP contribution in [0.3, 0.4) is 0 Å². The van der Waals surface area contributed by atoms with E-state index in [9.17, 15) is 26.8 Å². The number of nitrogens with one attached hydrogen (secondary N) is 1. The van der Waals surface area contributed by atoms with Crippen molar-refractivity contribution in [3.05, 3.63) is 57.0 Å². The topological polar surface area (TPSA) is 108 Å². The van der Waals surface area contributed by atoms with Crippen molar-refractivity contribution >= 4 is 20.9 Å². The zero-order chi connectivity index (χ0) is 23.8. The first kappa shape index (κ1) is 22.0. The van der Waals surface area contributed by atoms with Crippen molar-refractivity contribution in [2.75, 3.05) is 0 Å². The third-order valence-electron chi connectivity index (χ3n) is 6.34. The van der Waals surface area contributed by atoms with Crippen LogP contribution in [0.15, 0.2) is 45.1 Å². The Kier molecular flexibility index (Phi) is 4.70. The van der Waals surface area contributed by atoms with Crippen LogP contribution in [0.2, 0.25) is 0 Å². The number of hydrogen-bond donors (Lipinski definition) is 1. The summed E-state index contributed by atoms with van der Waals surface area (Å²) in [5.41, 5.74) is -1.21. The molecule has 176 valence electrons. The van der Waals surface area contributed by atoms with Crippen LogP contribution in [0.1, 0.15) is 31.7 Å².